The number of anilines is 1. The molecule has 2 amide bonds. The monoisotopic (exact) mass is 366 g/mol. The van der Waals surface area contributed by atoms with Crippen LogP contribution in [0.25, 0.3) is 11.5 Å². The summed E-state index contributed by atoms with van der Waals surface area (Å²) in [5, 5.41) is 11.2. The molecular formula is C19H22N6O2. The molecule has 0 saturated carbocycles. The molecule has 0 aliphatic carbocycles. The summed E-state index contributed by atoms with van der Waals surface area (Å²) in [6, 6.07) is 9.39. The first kappa shape index (κ1) is 17.3. The number of aryl methyl sites for hydroxylation is 1. The molecule has 1 aliphatic rings. The highest BCUT2D eigenvalue weighted by Gasteiger charge is 2.29. The first-order valence-corrected chi connectivity index (χ1v) is 9.21. The SMILES string of the molecule is CCc1noc(-c2ccccc2NC(=O)N2CCCC2Cn2cccn2)n1. The lowest BCUT2D eigenvalue weighted by Gasteiger charge is -2.25. The molecule has 3 aromatic rings. The highest BCUT2D eigenvalue weighted by molar-refractivity contribution is 5.93. The molecule has 1 fully saturated rings. The zero-order valence-corrected chi connectivity index (χ0v) is 15.2. The fourth-order valence-electron chi connectivity index (χ4n) is 3.39. The third kappa shape index (κ3) is 3.69. The maximum atomic E-state index is 12.9. The van der Waals surface area contributed by atoms with E-state index in [1.165, 1.54) is 0 Å². The maximum Gasteiger partial charge on any atom is 0.322 e. The van der Waals surface area contributed by atoms with Crippen molar-refractivity contribution in [3.8, 4) is 11.5 Å². The molecule has 27 heavy (non-hydrogen) atoms. The van der Waals surface area contributed by atoms with Crippen molar-refractivity contribution in [3.63, 3.8) is 0 Å². The van der Waals surface area contributed by atoms with E-state index in [9.17, 15) is 4.79 Å². The summed E-state index contributed by atoms with van der Waals surface area (Å²) >= 11 is 0. The summed E-state index contributed by atoms with van der Waals surface area (Å²) in [5.74, 6) is 1.06. The number of carbonyl (C=O) groups excluding carboxylic acids is 1. The van der Waals surface area contributed by atoms with Crippen LogP contribution < -0.4 is 5.32 Å². The molecule has 8 heteroatoms. The Balaban J connectivity index is 1.51. The average Bonchev–Trinajstić information content (AvgIpc) is 3.44. The minimum absolute atomic E-state index is 0.118. The van der Waals surface area contributed by atoms with E-state index in [1.807, 2.05) is 53.0 Å². The van der Waals surface area contributed by atoms with Crippen molar-refractivity contribution in [1.29, 1.82) is 0 Å². The van der Waals surface area contributed by atoms with Gasteiger partial charge in [0, 0.05) is 25.4 Å². The fourth-order valence-corrected chi connectivity index (χ4v) is 3.39. The molecule has 0 spiro atoms. The molecular weight excluding hydrogens is 344 g/mol. The van der Waals surface area contributed by atoms with Crippen LogP contribution in [0.4, 0.5) is 10.5 Å². The van der Waals surface area contributed by atoms with Gasteiger partial charge in [0.25, 0.3) is 5.89 Å². The van der Waals surface area contributed by atoms with E-state index in [4.69, 9.17) is 4.52 Å². The summed E-state index contributed by atoms with van der Waals surface area (Å²) in [7, 11) is 0. The molecule has 4 rings (SSSR count). The lowest BCUT2D eigenvalue weighted by atomic mass is 10.1. The van der Waals surface area contributed by atoms with Crippen LogP contribution in [-0.4, -0.2) is 43.4 Å². The van der Waals surface area contributed by atoms with Crippen LogP contribution in [-0.2, 0) is 13.0 Å². The molecule has 0 bridgehead atoms. The molecule has 1 aliphatic heterocycles. The topological polar surface area (TPSA) is 89.1 Å². The zero-order chi connectivity index (χ0) is 18.6. The number of likely N-dealkylation sites (tertiary alicyclic amines) is 1. The summed E-state index contributed by atoms with van der Waals surface area (Å²) in [5.41, 5.74) is 1.39. The van der Waals surface area contributed by atoms with Gasteiger partial charge in [0.15, 0.2) is 5.82 Å². The van der Waals surface area contributed by atoms with Crippen molar-refractivity contribution in [3.05, 3.63) is 48.5 Å². The van der Waals surface area contributed by atoms with Gasteiger partial charge in [-0.05, 0) is 31.0 Å². The number of amides is 2. The predicted octanol–water partition coefficient (Wildman–Crippen LogP) is 3.19. The number of para-hydroxylation sites is 1. The molecule has 0 radical (unpaired) electrons. The molecule has 8 nitrogen and oxygen atoms in total. The number of benzene rings is 1. The van der Waals surface area contributed by atoms with Crippen LogP contribution in [0.2, 0.25) is 0 Å². The Bertz CT molecular complexity index is 905. The summed E-state index contributed by atoms with van der Waals surface area (Å²) in [6.45, 7) is 3.40. The van der Waals surface area contributed by atoms with Gasteiger partial charge in [-0.1, -0.05) is 24.2 Å². The number of hydrogen-bond acceptors (Lipinski definition) is 5. The quantitative estimate of drug-likeness (QED) is 0.749. The number of urea groups is 1. The van der Waals surface area contributed by atoms with Gasteiger partial charge in [-0.15, -0.1) is 0 Å². The van der Waals surface area contributed by atoms with Gasteiger partial charge in [0.05, 0.1) is 23.8 Å². The fraction of sp³-hybridized carbons (Fsp3) is 0.368. The van der Waals surface area contributed by atoms with Crippen LogP contribution in [0.3, 0.4) is 0 Å². The molecule has 1 atom stereocenters. The van der Waals surface area contributed by atoms with Crippen LogP contribution in [0.15, 0.2) is 47.2 Å². The van der Waals surface area contributed by atoms with Gasteiger partial charge >= 0.3 is 6.03 Å². The minimum atomic E-state index is -0.118. The van der Waals surface area contributed by atoms with Crippen molar-refractivity contribution in [2.75, 3.05) is 11.9 Å². The van der Waals surface area contributed by atoms with Crippen molar-refractivity contribution < 1.29 is 9.32 Å². The van der Waals surface area contributed by atoms with Crippen molar-refractivity contribution in [1.82, 2.24) is 24.8 Å². The Morgan fingerprint density at radius 3 is 3.00 bits per heavy atom. The third-order valence-corrected chi connectivity index (χ3v) is 4.78. The third-order valence-electron chi connectivity index (χ3n) is 4.78. The van der Waals surface area contributed by atoms with Gasteiger partial charge in [-0.3, -0.25) is 4.68 Å². The summed E-state index contributed by atoms with van der Waals surface area (Å²) in [4.78, 5) is 19.2. The normalized spacial score (nSPS) is 16.6. The van der Waals surface area contributed by atoms with Gasteiger partial charge in [-0.25, -0.2) is 4.79 Å². The highest BCUT2D eigenvalue weighted by atomic mass is 16.5. The number of carbonyl (C=O) groups is 1. The van der Waals surface area contributed by atoms with Crippen LogP contribution in [0.1, 0.15) is 25.6 Å². The second-order valence-electron chi connectivity index (χ2n) is 6.56. The van der Waals surface area contributed by atoms with E-state index in [1.54, 1.807) is 6.20 Å². The van der Waals surface area contributed by atoms with Crippen molar-refractivity contribution in [2.24, 2.45) is 0 Å². The van der Waals surface area contributed by atoms with Gasteiger partial charge in [0.2, 0.25) is 0 Å². The van der Waals surface area contributed by atoms with E-state index in [0.717, 1.165) is 24.9 Å². The minimum Gasteiger partial charge on any atom is -0.334 e. The average molecular weight is 366 g/mol. The lowest BCUT2D eigenvalue weighted by Crippen LogP contribution is -2.40. The maximum absolute atomic E-state index is 12.9. The molecule has 1 aromatic carbocycles. The molecule has 2 aromatic heterocycles. The number of hydrogen-bond donors (Lipinski definition) is 1. The predicted molar refractivity (Wildman–Crippen MR) is 100 cm³/mol. The molecule has 1 N–H and O–H groups in total. The zero-order valence-electron chi connectivity index (χ0n) is 15.2. The van der Waals surface area contributed by atoms with Crippen molar-refractivity contribution >= 4 is 11.7 Å². The standard InChI is InChI=1S/C19H22N6O2/c1-2-17-22-18(27-23-17)15-8-3-4-9-16(15)21-19(26)25-12-5-7-14(25)13-24-11-6-10-20-24/h3-4,6,8-11,14H,2,5,7,12-13H2,1H3,(H,21,26). The lowest BCUT2D eigenvalue weighted by molar-refractivity contribution is 0.199. The Morgan fingerprint density at radius 1 is 1.33 bits per heavy atom. The summed E-state index contributed by atoms with van der Waals surface area (Å²) in [6.07, 6.45) is 6.33. The van der Waals surface area contributed by atoms with Crippen LogP contribution >= 0.6 is 0 Å². The van der Waals surface area contributed by atoms with E-state index < -0.39 is 0 Å². The van der Waals surface area contributed by atoms with Crippen molar-refractivity contribution in [2.45, 2.75) is 38.8 Å². The molecule has 140 valence electrons. The van der Waals surface area contributed by atoms with Crippen LogP contribution in [0, 0.1) is 0 Å². The smallest absolute Gasteiger partial charge is 0.322 e. The van der Waals surface area contributed by atoms with E-state index in [2.05, 4.69) is 20.6 Å². The first-order valence-electron chi connectivity index (χ1n) is 9.21. The molecule has 1 unspecified atom stereocenters. The van der Waals surface area contributed by atoms with E-state index in [0.29, 0.717) is 30.4 Å². The number of rotatable bonds is 5. The van der Waals surface area contributed by atoms with Gasteiger partial charge < -0.3 is 14.7 Å². The second kappa shape index (κ2) is 7.61. The Morgan fingerprint density at radius 2 is 2.22 bits per heavy atom. The molecule has 1 saturated heterocycles. The number of aromatic nitrogens is 4. The first-order chi connectivity index (χ1) is 13.2. The van der Waals surface area contributed by atoms with Gasteiger partial charge in [-0.2, -0.15) is 10.1 Å². The molecule has 3 heterocycles. The second-order valence-corrected chi connectivity index (χ2v) is 6.56. The van der Waals surface area contributed by atoms with E-state index >= 15 is 0 Å². The number of nitrogens with one attached hydrogen (secondary N) is 1. The largest absolute Gasteiger partial charge is 0.334 e. The Kier molecular flexibility index (Phi) is 4.86. The highest BCUT2D eigenvalue weighted by Crippen LogP contribution is 2.28. The Hall–Kier alpha value is -3.16. The summed E-state index contributed by atoms with van der Waals surface area (Å²) < 4.78 is 7.21. The van der Waals surface area contributed by atoms with E-state index in [-0.39, 0.29) is 12.1 Å². The van der Waals surface area contributed by atoms with Gasteiger partial charge in [0.1, 0.15) is 0 Å². The van der Waals surface area contributed by atoms with Crippen LogP contribution in [0.5, 0.6) is 0 Å². The Labute approximate surface area is 157 Å². The number of nitrogens with zero attached hydrogens (tertiary/aromatic N) is 5.